The van der Waals surface area contributed by atoms with Crippen molar-refractivity contribution in [2.24, 2.45) is 0 Å². The minimum absolute atomic E-state index is 0.385. The fourth-order valence-electron chi connectivity index (χ4n) is 6.36. The highest BCUT2D eigenvalue weighted by Gasteiger charge is 2.50. The van der Waals surface area contributed by atoms with Crippen LogP contribution < -0.4 is 5.32 Å². The zero-order valence-corrected chi connectivity index (χ0v) is 19.9. The number of aromatic nitrogens is 1. The quantitative estimate of drug-likeness (QED) is 0.737. The predicted octanol–water partition coefficient (Wildman–Crippen LogP) is 2.44. The molecule has 0 bridgehead atoms. The Morgan fingerprint density at radius 3 is 2.53 bits per heavy atom. The highest BCUT2D eigenvalue weighted by atomic mass is 32.2. The Balaban J connectivity index is 1.47. The van der Waals surface area contributed by atoms with E-state index in [1.54, 1.807) is 0 Å². The van der Waals surface area contributed by atoms with E-state index in [2.05, 4.69) is 26.2 Å². The van der Waals surface area contributed by atoms with Gasteiger partial charge in [-0.2, -0.15) is 0 Å². The van der Waals surface area contributed by atoms with Crippen LogP contribution in [0.4, 0.5) is 0 Å². The molecule has 2 N–H and O–H groups in total. The van der Waals surface area contributed by atoms with Crippen molar-refractivity contribution < 1.29 is 9.32 Å². The lowest BCUT2D eigenvalue weighted by molar-refractivity contribution is -0.0255. The number of aliphatic hydroxyl groups is 1. The number of likely N-dealkylation sites (tertiary alicyclic amines) is 2. The van der Waals surface area contributed by atoms with Gasteiger partial charge in [0.2, 0.25) is 0 Å². The van der Waals surface area contributed by atoms with Crippen LogP contribution in [-0.4, -0.2) is 81.3 Å². The summed E-state index contributed by atoms with van der Waals surface area (Å²) in [6.07, 6.45) is 9.17. The molecule has 174 valence electrons. The fourth-order valence-corrected chi connectivity index (χ4v) is 7.84. The van der Waals surface area contributed by atoms with E-state index in [4.69, 9.17) is 0 Å². The van der Waals surface area contributed by atoms with Crippen molar-refractivity contribution in [3.63, 3.8) is 0 Å². The van der Waals surface area contributed by atoms with Gasteiger partial charge in [-0.05, 0) is 76.0 Å². The molecule has 4 heterocycles. The van der Waals surface area contributed by atoms with Gasteiger partial charge in [-0.3, -0.25) is 14.1 Å². The number of aliphatic hydroxyl groups excluding tert-OH is 1. The molecule has 0 radical (unpaired) electrons. The van der Waals surface area contributed by atoms with Crippen LogP contribution in [0.5, 0.6) is 0 Å². The minimum atomic E-state index is -1.17. The number of para-hydroxylation sites is 1. The number of hydrogen-bond acceptors (Lipinski definition) is 6. The summed E-state index contributed by atoms with van der Waals surface area (Å²) in [7, 11) is -1.17. The summed E-state index contributed by atoms with van der Waals surface area (Å²) in [5.41, 5.74) is 1.99. The monoisotopic (exact) mass is 456 g/mol. The van der Waals surface area contributed by atoms with E-state index in [9.17, 15) is 9.32 Å². The SMILES string of the molecule is CS(=O)C1(c2ccnc3ccccc23)CC(O)CCN1C1CCN(C2CCNCC2)CC1. The predicted molar refractivity (Wildman–Crippen MR) is 130 cm³/mol. The number of hydrogen-bond donors (Lipinski definition) is 2. The molecule has 3 fully saturated rings. The number of nitrogens with zero attached hydrogens (tertiary/aromatic N) is 3. The first kappa shape index (κ1) is 22.4. The molecule has 3 aliphatic rings. The molecular weight excluding hydrogens is 420 g/mol. The van der Waals surface area contributed by atoms with E-state index in [-0.39, 0.29) is 0 Å². The molecule has 0 saturated carbocycles. The van der Waals surface area contributed by atoms with E-state index in [1.165, 1.54) is 12.8 Å². The zero-order chi connectivity index (χ0) is 22.1. The Kier molecular flexibility index (Phi) is 6.63. The molecule has 1 aromatic carbocycles. The summed E-state index contributed by atoms with van der Waals surface area (Å²) in [6.45, 7) is 5.26. The van der Waals surface area contributed by atoms with Crippen LogP contribution in [0.3, 0.4) is 0 Å². The van der Waals surface area contributed by atoms with Gasteiger partial charge in [-0.25, -0.2) is 0 Å². The maximum atomic E-state index is 13.6. The third-order valence-corrected chi connectivity index (χ3v) is 9.56. The molecule has 1 aromatic heterocycles. The Bertz CT molecular complexity index is 953. The van der Waals surface area contributed by atoms with Gasteiger partial charge in [0.05, 0.1) is 11.6 Å². The topological polar surface area (TPSA) is 68.7 Å². The summed E-state index contributed by atoms with van der Waals surface area (Å²) in [4.78, 5) is 9.07. The molecule has 0 amide bonds. The standard InChI is InChI=1S/C25H36N4O2S/c1-32(31)25(23-8-14-27-24-5-3-2-4-22(23)24)18-21(30)11-17-29(25)20-9-15-28(16-10-20)19-6-12-26-13-7-19/h2-5,8,14,19-21,26,30H,6-7,9-13,15-18H2,1H3. The summed E-state index contributed by atoms with van der Waals surface area (Å²) in [5, 5.41) is 15.3. The smallest absolute Gasteiger partial charge is 0.126 e. The first-order chi connectivity index (χ1) is 15.6. The lowest BCUT2D eigenvalue weighted by Crippen LogP contribution is -2.61. The fraction of sp³-hybridized carbons (Fsp3) is 0.640. The Morgan fingerprint density at radius 1 is 1.03 bits per heavy atom. The molecule has 3 atom stereocenters. The van der Waals surface area contributed by atoms with Crippen LogP contribution in [0.2, 0.25) is 0 Å². The van der Waals surface area contributed by atoms with Crippen molar-refractivity contribution in [3.8, 4) is 0 Å². The van der Waals surface area contributed by atoms with Gasteiger partial charge in [0.15, 0.2) is 0 Å². The highest BCUT2D eigenvalue weighted by molar-refractivity contribution is 7.85. The normalized spacial score (nSPS) is 30.5. The van der Waals surface area contributed by atoms with E-state index in [1.807, 2.05) is 36.7 Å². The average Bonchev–Trinajstić information content (AvgIpc) is 2.84. The second kappa shape index (κ2) is 9.47. The van der Waals surface area contributed by atoms with Gasteiger partial charge < -0.3 is 15.3 Å². The van der Waals surface area contributed by atoms with Crippen molar-refractivity contribution in [2.75, 3.05) is 39.0 Å². The van der Waals surface area contributed by atoms with Gasteiger partial charge >= 0.3 is 0 Å². The molecule has 5 rings (SSSR count). The van der Waals surface area contributed by atoms with Crippen LogP contribution in [-0.2, 0) is 15.7 Å². The van der Waals surface area contributed by atoms with Crippen molar-refractivity contribution >= 4 is 21.7 Å². The lowest BCUT2D eigenvalue weighted by Gasteiger charge is -2.53. The number of piperidine rings is 3. The second-order valence-electron chi connectivity index (χ2n) is 9.70. The second-order valence-corrected chi connectivity index (χ2v) is 11.3. The van der Waals surface area contributed by atoms with E-state index in [0.717, 1.165) is 68.5 Å². The number of pyridine rings is 1. The molecular formula is C25H36N4O2S. The largest absolute Gasteiger partial charge is 0.393 e. The molecule has 32 heavy (non-hydrogen) atoms. The summed E-state index contributed by atoms with van der Waals surface area (Å²) in [6, 6.07) is 11.3. The third-order valence-electron chi connectivity index (χ3n) is 7.99. The van der Waals surface area contributed by atoms with E-state index >= 15 is 0 Å². The van der Waals surface area contributed by atoms with Crippen LogP contribution in [0.25, 0.3) is 10.9 Å². The molecule has 0 aliphatic carbocycles. The molecule has 7 heteroatoms. The van der Waals surface area contributed by atoms with Gasteiger partial charge in [0.1, 0.15) is 4.87 Å². The summed E-state index contributed by atoms with van der Waals surface area (Å²) >= 11 is 0. The number of nitrogens with one attached hydrogen (secondary N) is 1. The van der Waals surface area contributed by atoms with E-state index in [0.29, 0.717) is 18.5 Å². The number of fused-ring (bicyclic) bond motifs is 1. The van der Waals surface area contributed by atoms with Crippen molar-refractivity contribution in [3.05, 3.63) is 42.1 Å². The van der Waals surface area contributed by atoms with Crippen LogP contribution >= 0.6 is 0 Å². The van der Waals surface area contributed by atoms with Crippen molar-refractivity contribution in [1.82, 2.24) is 20.1 Å². The van der Waals surface area contributed by atoms with E-state index < -0.39 is 21.8 Å². The third kappa shape index (κ3) is 4.03. The average molecular weight is 457 g/mol. The molecule has 2 aromatic rings. The molecule has 6 nitrogen and oxygen atoms in total. The van der Waals surface area contributed by atoms with Gasteiger partial charge in [0.25, 0.3) is 0 Å². The number of rotatable bonds is 4. The number of benzene rings is 1. The van der Waals surface area contributed by atoms with Gasteiger partial charge in [0, 0.05) is 53.7 Å². The molecule has 0 spiro atoms. The Hall–Kier alpha value is -1.38. The molecule has 3 unspecified atom stereocenters. The summed E-state index contributed by atoms with van der Waals surface area (Å²) in [5.74, 6) is 0. The Morgan fingerprint density at radius 2 is 1.78 bits per heavy atom. The lowest BCUT2D eigenvalue weighted by atomic mass is 9.87. The first-order valence-electron chi connectivity index (χ1n) is 12.2. The van der Waals surface area contributed by atoms with Crippen molar-refractivity contribution in [2.45, 2.75) is 61.6 Å². The molecule has 3 saturated heterocycles. The first-order valence-corrected chi connectivity index (χ1v) is 13.7. The van der Waals surface area contributed by atoms with Gasteiger partial charge in [-0.15, -0.1) is 0 Å². The summed E-state index contributed by atoms with van der Waals surface area (Å²) < 4.78 is 13.6. The maximum Gasteiger partial charge on any atom is 0.126 e. The van der Waals surface area contributed by atoms with Crippen LogP contribution in [0.15, 0.2) is 36.5 Å². The minimum Gasteiger partial charge on any atom is -0.393 e. The molecule has 3 aliphatic heterocycles. The van der Waals surface area contributed by atoms with Crippen molar-refractivity contribution in [1.29, 1.82) is 0 Å². The van der Waals surface area contributed by atoms with Gasteiger partial charge in [-0.1, -0.05) is 18.2 Å². The maximum absolute atomic E-state index is 13.6. The Labute approximate surface area is 193 Å². The van der Waals surface area contributed by atoms with Crippen LogP contribution in [0.1, 0.15) is 44.1 Å². The zero-order valence-electron chi connectivity index (χ0n) is 19.1. The van der Waals surface area contributed by atoms with Crippen LogP contribution in [0, 0.1) is 0 Å². The highest BCUT2D eigenvalue weighted by Crippen LogP contribution is 2.45.